The van der Waals surface area contributed by atoms with Crippen LogP contribution in [0.2, 0.25) is 5.02 Å². The van der Waals surface area contributed by atoms with E-state index in [9.17, 15) is 4.79 Å². The number of anilines is 1. The van der Waals surface area contributed by atoms with Crippen LogP contribution in [0.15, 0.2) is 67.3 Å². The van der Waals surface area contributed by atoms with Crippen LogP contribution in [0.5, 0.6) is 0 Å². The molecule has 0 bridgehead atoms. The van der Waals surface area contributed by atoms with Gasteiger partial charge in [-0.3, -0.25) is 4.79 Å². The smallest absolute Gasteiger partial charge is 0.248 e. The number of rotatable bonds is 5. The Balaban J connectivity index is 1.69. The average molecular weight is 339 g/mol. The lowest BCUT2D eigenvalue weighted by molar-refractivity contribution is -0.111. The summed E-state index contributed by atoms with van der Waals surface area (Å²) in [7, 11) is 0. The Morgan fingerprint density at radius 1 is 1.17 bits per heavy atom. The average Bonchev–Trinajstić information content (AvgIpc) is 3.09. The molecular weight excluding hydrogens is 324 g/mol. The molecule has 1 N–H and O–H groups in total. The first-order valence-corrected chi connectivity index (χ1v) is 7.73. The second-order valence-corrected chi connectivity index (χ2v) is 5.56. The molecule has 3 rings (SSSR count). The number of carbonyl (C=O) groups excluding carboxylic acids is 1. The number of hydrogen-bond donors (Lipinski definition) is 1. The molecule has 0 aliphatic heterocycles. The summed E-state index contributed by atoms with van der Waals surface area (Å²) in [6, 6.07) is 14.9. The predicted octanol–water partition coefficient (Wildman–Crippen LogP) is 3.63. The summed E-state index contributed by atoms with van der Waals surface area (Å²) in [6.07, 6.45) is 6.36. The minimum Gasteiger partial charge on any atom is -0.322 e. The number of nitrogens with one attached hydrogen (secondary N) is 1. The Kier molecular flexibility index (Phi) is 5.03. The van der Waals surface area contributed by atoms with Crippen LogP contribution < -0.4 is 5.32 Å². The van der Waals surface area contributed by atoms with Crippen LogP contribution in [0.1, 0.15) is 11.1 Å². The summed E-state index contributed by atoms with van der Waals surface area (Å²) in [4.78, 5) is 16.1. The highest BCUT2D eigenvalue weighted by Crippen LogP contribution is 2.16. The maximum atomic E-state index is 12.1. The van der Waals surface area contributed by atoms with Crippen LogP contribution in [-0.2, 0) is 11.3 Å². The zero-order valence-corrected chi connectivity index (χ0v) is 13.5. The summed E-state index contributed by atoms with van der Waals surface area (Å²) in [5.41, 5.74) is 2.61. The predicted molar refractivity (Wildman–Crippen MR) is 94.7 cm³/mol. The van der Waals surface area contributed by atoms with Gasteiger partial charge in [-0.25, -0.2) is 9.67 Å². The molecule has 1 amide bonds. The molecule has 5 nitrogen and oxygen atoms in total. The fourth-order valence-corrected chi connectivity index (χ4v) is 2.32. The van der Waals surface area contributed by atoms with E-state index in [4.69, 9.17) is 11.6 Å². The van der Waals surface area contributed by atoms with Gasteiger partial charge in [0.15, 0.2) is 0 Å². The normalized spacial score (nSPS) is 10.9. The summed E-state index contributed by atoms with van der Waals surface area (Å²) < 4.78 is 1.70. The molecule has 0 spiro atoms. The Bertz CT molecular complexity index is 842. The molecule has 3 aromatic rings. The Labute approximate surface area is 144 Å². The second-order valence-electron chi connectivity index (χ2n) is 5.12. The number of hydrogen-bond acceptors (Lipinski definition) is 3. The molecule has 24 heavy (non-hydrogen) atoms. The van der Waals surface area contributed by atoms with Crippen molar-refractivity contribution in [1.82, 2.24) is 14.8 Å². The Morgan fingerprint density at radius 2 is 1.96 bits per heavy atom. The van der Waals surface area contributed by atoms with Crippen molar-refractivity contribution in [3.05, 3.63) is 83.4 Å². The Morgan fingerprint density at radius 3 is 2.71 bits per heavy atom. The maximum Gasteiger partial charge on any atom is 0.248 e. The highest BCUT2D eigenvalue weighted by Gasteiger charge is 2.05. The van der Waals surface area contributed by atoms with Gasteiger partial charge in [0.2, 0.25) is 5.91 Å². The van der Waals surface area contributed by atoms with Gasteiger partial charge in [-0.2, -0.15) is 5.10 Å². The van der Waals surface area contributed by atoms with Crippen molar-refractivity contribution in [2.45, 2.75) is 6.54 Å². The van der Waals surface area contributed by atoms with Gasteiger partial charge in [-0.1, -0.05) is 41.9 Å². The van der Waals surface area contributed by atoms with E-state index in [1.165, 1.54) is 12.4 Å². The number of nitrogens with zero attached hydrogens (tertiary/aromatic N) is 3. The lowest BCUT2D eigenvalue weighted by Crippen LogP contribution is -2.11. The largest absolute Gasteiger partial charge is 0.322 e. The Hall–Kier alpha value is -2.92. The molecule has 0 fully saturated rings. The van der Waals surface area contributed by atoms with E-state index in [1.807, 2.05) is 36.4 Å². The molecule has 6 heteroatoms. The van der Waals surface area contributed by atoms with Gasteiger partial charge < -0.3 is 5.32 Å². The van der Waals surface area contributed by atoms with E-state index >= 15 is 0 Å². The number of para-hydroxylation sites is 1. The van der Waals surface area contributed by atoms with Gasteiger partial charge in [0.25, 0.3) is 0 Å². The SMILES string of the molecule is O=C(/C=C/c1ccc(Cl)cc1)Nc1ccccc1Cn1cncn1. The van der Waals surface area contributed by atoms with Gasteiger partial charge in [0, 0.05) is 16.8 Å². The molecule has 0 aliphatic rings. The molecule has 0 aliphatic carbocycles. The lowest BCUT2D eigenvalue weighted by atomic mass is 10.1. The lowest BCUT2D eigenvalue weighted by Gasteiger charge is -2.09. The molecule has 0 saturated carbocycles. The van der Waals surface area contributed by atoms with Crippen molar-refractivity contribution in [2.24, 2.45) is 0 Å². The van der Waals surface area contributed by atoms with Crippen molar-refractivity contribution in [3.8, 4) is 0 Å². The summed E-state index contributed by atoms with van der Waals surface area (Å²) >= 11 is 5.84. The molecule has 1 heterocycles. The van der Waals surface area contributed by atoms with Crippen molar-refractivity contribution >= 4 is 29.3 Å². The standard InChI is InChI=1S/C18H15ClN4O/c19-16-8-5-14(6-9-16)7-10-18(24)22-17-4-2-1-3-15(17)11-23-13-20-12-21-23/h1-10,12-13H,11H2,(H,22,24)/b10-7+. The van der Waals surface area contributed by atoms with Crippen LogP contribution >= 0.6 is 11.6 Å². The third-order valence-electron chi connectivity index (χ3n) is 3.37. The third-order valence-corrected chi connectivity index (χ3v) is 3.62. The quantitative estimate of drug-likeness (QED) is 0.723. The maximum absolute atomic E-state index is 12.1. The van der Waals surface area contributed by atoms with Crippen LogP contribution in [-0.4, -0.2) is 20.7 Å². The number of amides is 1. The first-order chi connectivity index (χ1) is 11.7. The fraction of sp³-hybridized carbons (Fsp3) is 0.0556. The summed E-state index contributed by atoms with van der Waals surface area (Å²) in [5.74, 6) is -0.198. The zero-order valence-electron chi connectivity index (χ0n) is 12.8. The molecule has 2 aromatic carbocycles. The van der Waals surface area contributed by atoms with Gasteiger partial charge in [-0.05, 0) is 35.4 Å². The summed E-state index contributed by atoms with van der Waals surface area (Å²) in [6.45, 7) is 0.539. The molecule has 0 atom stereocenters. The zero-order chi connectivity index (χ0) is 16.8. The van der Waals surface area contributed by atoms with Crippen LogP contribution in [0.4, 0.5) is 5.69 Å². The topological polar surface area (TPSA) is 59.8 Å². The first-order valence-electron chi connectivity index (χ1n) is 7.36. The van der Waals surface area contributed by atoms with Crippen molar-refractivity contribution in [1.29, 1.82) is 0 Å². The number of benzene rings is 2. The molecular formula is C18H15ClN4O. The van der Waals surface area contributed by atoms with Crippen molar-refractivity contribution < 1.29 is 4.79 Å². The first kappa shape index (κ1) is 16.0. The van der Waals surface area contributed by atoms with Gasteiger partial charge in [-0.15, -0.1) is 0 Å². The van der Waals surface area contributed by atoms with E-state index < -0.39 is 0 Å². The minimum atomic E-state index is -0.198. The van der Waals surface area contributed by atoms with Crippen molar-refractivity contribution in [3.63, 3.8) is 0 Å². The van der Waals surface area contributed by atoms with E-state index in [0.717, 1.165) is 16.8 Å². The summed E-state index contributed by atoms with van der Waals surface area (Å²) in [5, 5.41) is 7.64. The monoisotopic (exact) mass is 338 g/mol. The number of aromatic nitrogens is 3. The number of carbonyl (C=O) groups is 1. The molecule has 0 unspecified atom stereocenters. The molecule has 0 radical (unpaired) electrons. The number of halogens is 1. The van der Waals surface area contributed by atoms with Gasteiger partial charge in [0.05, 0.1) is 6.54 Å². The highest BCUT2D eigenvalue weighted by molar-refractivity contribution is 6.30. The fourth-order valence-electron chi connectivity index (χ4n) is 2.19. The van der Waals surface area contributed by atoms with E-state index in [2.05, 4.69) is 15.4 Å². The van der Waals surface area contributed by atoms with Crippen molar-refractivity contribution in [2.75, 3.05) is 5.32 Å². The molecule has 0 saturated heterocycles. The second kappa shape index (κ2) is 7.57. The highest BCUT2D eigenvalue weighted by atomic mass is 35.5. The van der Waals surface area contributed by atoms with E-state index in [0.29, 0.717) is 11.6 Å². The minimum absolute atomic E-state index is 0.198. The van der Waals surface area contributed by atoms with Gasteiger partial charge in [0.1, 0.15) is 12.7 Å². The molecule has 120 valence electrons. The molecule has 1 aromatic heterocycles. The van der Waals surface area contributed by atoms with Crippen LogP contribution in [0, 0.1) is 0 Å². The third kappa shape index (κ3) is 4.30. The van der Waals surface area contributed by atoms with Gasteiger partial charge >= 0.3 is 0 Å². The van der Waals surface area contributed by atoms with E-state index in [-0.39, 0.29) is 5.91 Å². The van der Waals surface area contributed by atoms with E-state index in [1.54, 1.807) is 29.2 Å². The van der Waals surface area contributed by atoms with Crippen LogP contribution in [0.25, 0.3) is 6.08 Å². The van der Waals surface area contributed by atoms with Crippen LogP contribution in [0.3, 0.4) is 0 Å².